The van der Waals surface area contributed by atoms with Gasteiger partial charge in [0, 0.05) is 25.3 Å². The molecule has 0 N–H and O–H groups in total. The quantitative estimate of drug-likeness (QED) is 0.807. The van der Waals surface area contributed by atoms with Crippen molar-refractivity contribution in [1.29, 1.82) is 0 Å². The highest BCUT2D eigenvalue weighted by Gasteiger charge is 2.38. The minimum Gasteiger partial charge on any atom is -0.292 e. The van der Waals surface area contributed by atoms with Crippen molar-refractivity contribution in [1.82, 2.24) is 19.7 Å². The molecule has 3 aliphatic rings. The first-order valence-corrected chi connectivity index (χ1v) is 7.53. The summed E-state index contributed by atoms with van der Waals surface area (Å²) < 4.78 is 1.89. The second-order valence-corrected chi connectivity index (χ2v) is 5.92. The Morgan fingerprint density at radius 3 is 2.95 bits per heavy atom. The van der Waals surface area contributed by atoms with Gasteiger partial charge in [-0.1, -0.05) is 6.42 Å². The van der Waals surface area contributed by atoms with Crippen molar-refractivity contribution in [3.05, 3.63) is 18.0 Å². The number of hydrogen-bond acceptors (Lipinski definition) is 4. The number of aromatic nitrogens is 2. The molecular weight excluding hydrogens is 256 g/mol. The Kier molecular flexibility index (Phi) is 3.00. The van der Waals surface area contributed by atoms with E-state index in [1.807, 2.05) is 10.7 Å². The fourth-order valence-electron chi connectivity index (χ4n) is 3.32. The maximum atomic E-state index is 12.6. The van der Waals surface area contributed by atoms with E-state index in [0.29, 0.717) is 19.2 Å². The van der Waals surface area contributed by atoms with Crippen LogP contribution in [0.3, 0.4) is 0 Å². The lowest BCUT2D eigenvalue weighted by Crippen LogP contribution is -2.50. The summed E-state index contributed by atoms with van der Waals surface area (Å²) in [4.78, 5) is 20.5. The molecule has 1 aromatic rings. The maximum absolute atomic E-state index is 12.6. The first kappa shape index (κ1) is 12.3. The highest BCUT2D eigenvalue weighted by Crippen LogP contribution is 2.31. The lowest BCUT2D eigenvalue weighted by Gasteiger charge is -2.42. The molecular formula is C14H20N4O2. The maximum Gasteiger partial charge on any atom is 0.272 e. The van der Waals surface area contributed by atoms with E-state index in [1.54, 1.807) is 6.20 Å². The van der Waals surface area contributed by atoms with Gasteiger partial charge in [-0.3, -0.25) is 19.2 Å². The zero-order valence-electron chi connectivity index (χ0n) is 11.6. The molecule has 1 aliphatic carbocycles. The third-order valence-corrected chi connectivity index (χ3v) is 4.69. The number of fused-ring (bicyclic) bond motifs is 1. The van der Waals surface area contributed by atoms with Crippen LogP contribution in [0.1, 0.15) is 37.4 Å². The normalized spacial score (nSPS) is 27.4. The molecule has 1 saturated carbocycles. The van der Waals surface area contributed by atoms with Gasteiger partial charge in [0.05, 0.1) is 18.8 Å². The van der Waals surface area contributed by atoms with E-state index in [9.17, 15) is 4.79 Å². The Hall–Kier alpha value is -1.40. The molecule has 2 fully saturated rings. The molecule has 6 nitrogen and oxygen atoms in total. The summed E-state index contributed by atoms with van der Waals surface area (Å²) in [6, 6.07) is 2.44. The van der Waals surface area contributed by atoms with Gasteiger partial charge in [0.2, 0.25) is 0 Å². The largest absolute Gasteiger partial charge is 0.292 e. The van der Waals surface area contributed by atoms with Gasteiger partial charge in [0.15, 0.2) is 0 Å². The van der Waals surface area contributed by atoms with Gasteiger partial charge in [0.25, 0.3) is 5.91 Å². The van der Waals surface area contributed by atoms with Gasteiger partial charge in [-0.25, -0.2) is 5.06 Å². The average Bonchev–Trinajstić information content (AvgIpc) is 3.05. The van der Waals surface area contributed by atoms with Crippen molar-refractivity contribution in [2.45, 2.75) is 44.3 Å². The summed E-state index contributed by atoms with van der Waals surface area (Å²) in [6.45, 7) is 3.03. The number of hydroxylamine groups is 2. The van der Waals surface area contributed by atoms with E-state index in [1.165, 1.54) is 24.3 Å². The van der Waals surface area contributed by atoms with Crippen LogP contribution in [0.25, 0.3) is 0 Å². The number of carbonyl (C=O) groups is 1. The molecule has 1 atom stereocenters. The topological polar surface area (TPSA) is 50.6 Å². The molecule has 4 rings (SSSR count). The third-order valence-electron chi connectivity index (χ3n) is 4.69. The van der Waals surface area contributed by atoms with Gasteiger partial charge >= 0.3 is 0 Å². The number of amides is 1. The van der Waals surface area contributed by atoms with Crippen molar-refractivity contribution in [3.63, 3.8) is 0 Å². The standard InChI is InChI=1S/C14H20N4O2/c19-14(17-7-2-8-20-17)13-10-16(11-3-1-4-11)9-12-5-6-15-18(12)13/h5-6,11,13H,1-4,7-10H2/t13-/m0/s1. The zero-order valence-corrected chi connectivity index (χ0v) is 11.6. The summed E-state index contributed by atoms with van der Waals surface area (Å²) in [6.07, 6.45) is 6.56. The summed E-state index contributed by atoms with van der Waals surface area (Å²) in [5, 5.41) is 5.88. The van der Waals surface area contributed by atoms with Crippen LogP contribution < -0.4 is 0 Å². The van der Waals surface area contributed by atoms with Crippen LogP contribution in [0.4, 0.5) is 0 Å². The molecule has 1 saturated heterocycles. The zero-order chi connectivity index (χ0) is 13.5. The number of hydrogen-bond donors (Lipinski definition) is 0. The molecule has 108 valence electrons. The van der Waals surface area contributed by atoms with Crippen LogP contribution in [0.2, 0.25) is 0 Å². The molecule has 0 aromatic carbocycles. The molecule has 1 aromatic heterocycles. The first-order chi connectivity index (χ1) is 9.83. The van der Waals surface area contributed by atoms with Crippen molar-refractivity contribution in [2.24, 2.45) is 0 Å². The second-order valence-electron chi connectivity index (χ2n) is 5.92. The van der Waals surface area contributed by atoms with Gasteiger partial charge in [0.1, 0.15) is 6.04 Å². The van der Waals surface area contributed by atoms with Gasteiger partial charge in [-0.15, -0.1) is 0 Å². The van der Waals surface area contributed by atoms with E-state index in [0.717, 1.165) is 25.2 Å². The van der Waals surface area contributed by atoms with E-state index in [-0.39, 0.29) is 11.9 Å². The molecule has 3 heterocycles. The van der Waals surface area contributed by atoms with E-state index < -0.39 is 0 Å². The lowest BCUT2D eigenvalue weighted by molar-refractivity contribution is -0.174. The number of nitrogens with zero attached hydrogens (tertiary/aromatic N) is 4. The smallest absolute Gasteiger partial charge is 0.272 e. The Labute approximate surface area is 118 Å². The van der Waals surface area contributed by atoms with Crippen LogP contribution in [-0.2, 0) is 16.2 Å². The van der Waals surface area contributed by atoms with Crippen LogP contribution in [-0.4, -0.2) is 51.4 Å². The summed E-state index contributed by atoms with van der Waals surface area (Å²) in [5.74, 6) is 0.0523. The fourth-order valence-corrected chi connectivity index (χ4v) is 3.32. The predicted octanol–water partition coefficient (Wildman–Crippen LogP) is 0.956. The molecule has 0 spiro atoms. The lowest BCUT2D eigenvalue weighted by atomic mass is 9.90. The molecule has 0 unspecified atom stereocenters. The predicted molar refractivity (Wildman–Crippen MR) is 71.6 cm³/mol. The van der Waals surface area contributed by atoms with Gasteiger partial charge < -0.3 is 0 Å². The van der Waals surface area contributed by atoms with Crippen molar-refractivity contribution in [3.8, 4) is 0 Å². The van der Waals surface area contributed by atoms with Crippen LogP contribution in [0, 0.1) is 0 Å². The van der Waals surface area contributed by atoms with Crippen LogP contribution >= 0.6 is 0 Å². The van der Waals surface area contributed by atoms with E-state index >= 15 is 0 Å². The monoisotopic (exact) mass is 276 g/mol. The molecule has 0 bridgehead atoms. The molecule has 0 radical (unpaired) electrons. The minimum absolute atomic E-state index is 0.0523. The van der Waals surface area contributed by atoms with Gasteiger partial charge in [-0.2, -0.15) is 5.10 Å². The Balaban J connectivity index is 1.58. The molecule has 2 aliphatic heterocycles. The van der Waals surface area contributed by atoms with E-state index in [4.69, 9.17) is 4.84 Å². The van der Waals surface area contributed by atoms with Crippen LogP contribution in [0.15, 0.2) is 12.3 Å². The Morgan fingerprint density at radius 2 is 2.25 bits per heavy atom. The van der Waals surface area contributed by atoms with Crippen molar-refractivity contribution < 1.29 is 9.63 Å². The molecule has 1 amide bonds. The Bertz CT molecular complexity index is 505. The van der Waals surface area contributed by atoms with Crippen LogP contribution in [0.5, 0.6) is 0 Å². The highest BCUT2D eigenvalue weighted by molar-refractivity contribution is 5.80. The molecule has 20 heavy (non-hydrogen) atoms. The number of rotatable bonds is 2. The first-order valence-electron chi connectivity index (χ1n) is 7.53. The third kappa shape index (κ3) is 1.94. The SMILES string of the molecule is O=C([C@@H]1CN(C2CCC2)Cc2ccnn21)N1CCCO1. The summed E-state index contributed by atoms with van der Waals surface area (Å²) in [7, 11) is 0. The Morgan fingerprint density at radius 1 is 1.35 bits per heavy atom. The van der Waals surface area contributed by atoms with Crippen molar-refractivity contribution >= 4 is 5.91 Å². The average molecular weight is 276 g/mol. The highest BCUT2D eigenvalue weighted by atomic mass is 16.7. The fraction of sp³-hybridized carbons (Fsp3) is 0.714. The minimum atomic E-state index is -0.229. The van der Waals surface area contributed by atoms with Gasteiger partial charge in [-0.05, 0) is 25.3 Å². The second kappa shape index (κ2) is 4.86. The summed E-state index contributed by atoms with van der Waals surface area (Å²) >= 11 is 0. The number of carbonyl (C=O) groups excluding carboxylic acids is 1. The molecule has 6 heteroatoms. The summed E-state index contributed by atoms with van der Waals surface area (Å²) in [5.41, 5.74) is 1.14. The van der Waals surface area contributed by atoms with E-state index in [2.05, 4.69) is 10.00 Å². The van der Waals surface area contributed by atoms with Crippen molar-refractivity contribution in [2.75, 3.05) is 19.7 Å².